The Balaban J connectivity index is 1.51. The molecule has 0 bridgehead atoms. The van der Waals surface area contributed by atoms with Crippen LogP contribution in [-0.4, -0.2) is 35.5 Å². The van der Waals surface area contributed by atoms with Crippen LogP contribution in [0.3, 0.4) is 0 Å². The molecule has 1 aliphatic heterocycles. The molecule has 116 valence electrons. The van der Waals surface area contributed by atoms with E-state index in [-0.39, 0.29) is 17.6 Å². The van der Waals surface area contributed by atoms with Gasteiger partial charge in [0.15, 0.2) is 0 Å². The molecule has 0 N–H and O–H groups in total. The van der Waals surface area contributed by atoms with Gasteiger partial charge in [0.2, 0.25) is 5.88 Å². The molecule has 0 saturated carbocycles. The highest BCUT2D eigenvalue weighted by Crippen LogP contribution is 2.25. The number of hydrogen-bond donors (Lipinski definition) is 0. The standard InChI is InChI=1S/C15H14BrFN2O2S/c16-11-5-13(22-9-11)15(20)19-4-3-10(7-19)8-21-14-2-1-12(17)6-18-14/h1-2,5-6,9-10H,3-4,7-8H2. The van der Waals surface area contributed by atoms with E-state index in [9.17, 15) is 9.18 Å². The van der Waals surface area contributed by atoms with Gasteiger partial charge in [0.05, 0.1) is 17.7 Å². The van der Waals surface area contributed by atoms with Gasteiger partial charge in [-0.05, 0) is 34.5 Å². The van der Waals surface area contributed by atoms with Crippen molar-refractivity contribution in [1.82, 2.24) is 9.88 Å². The Labute approximate surface area is 140 Å². The molecule has 1 aliphatic rings. The number of likely N-dealkylation sites (tertiary alicyclic amines) is 1. The average Bonchev–Trinajstić information content (AvgIpc) is 3.15. The third kappa shape index (κ3) is 3.64. The molecule has 3 heterocycles. The van der Waals surface area contributed by atoms with Crippen molar-refractivity contribution >= 4 is 33.2 Å². The maximum atomic E-state index is 12.8. The monoisotopic (exact) mass is 384 g/mol. The molecule has 0 spiro atoms. The minimum Gasteiger partial charge on any atom is -0.477 e. The van der Waals surface area contributed by atoms with Crippen LogP contribution in [0.4, 0.5) is 4.39 Å². The van der Waals surface area contributed by atoms with Crippen LogP contribution in [0.25, 0.3) is 0 Å². The lowest BCUT2D eigenvalue weighted by Gasteiger charge is -2.15. The van der Waals surface area contributed by atoms with Crippen molar-refractivity contribution in [2.45, 2.75) is 6.42 Å². The first-order valence-electron chi connectivity index (χ1n) is 6.89. The van der Waals surface area contributed by atoms with Crippen molar-refractivity contribution < 1.29 is 13.9 Å². The molecule has 1 fully saturated rings. The molecule has 0 aromatic carbocycles. The lowest BCUT2D eigenvalue weighted by molar-refractivity contribution is 0.0787. The zero-order chi connectivity index (χ0) is 15.5. The van der Waals surface area contributed by atoms with Crippen LogP contribution in [-0.2, 0) is 0 Å². The molecule has 1 saturated heterocycles. The van der Waals surface area contributed by atoms with Crippen LogP contribution < -0.4 is 4.74 Å². The highest BCUT2D eigenvalue weighted by atomic mass is 79.9. The van der Waals surface area contributed by atoms with E-state index in [0.29, 0.717) is 19.0 Å². The molecule has 2 aromatic heterocycles. The Morgan fingerprint density at radius 1 is 1.55 bits per heavy atom. The predicted octanol–water partition coefficient (Wildman–Crippen LogP) is 3.59. The number of carbonyl (C=O) groups is 1. The van der Waals surface area contributed by atoms with Crippen molar-refractivity contribution in [3.8, 4) is 5.88 Å². The van der Waals surface area contributed by atoms with Gasteiger partial charge in [0.1, 0.15) is 5.82 Å². The number of halogens is 2. The van der Waals surface area contributed by atoms with E-state index in [4.69, 9.17) is 4.74 Å². The van der Waals surface area contributed by atoms with E-state index < -0.39 is 0 Å². The first-order valence-corrected chi connectivity index (χ1v) is 8.57. The van der Waals surface area contributed by atoms with E-state index in [1.54, 1.807) is 0 Å². The Bertz CT molecular complexity index is 662. The van der Waals surface area contributed by atoms with Crippen molar-refractivity contribution in [3.63, 3.8) is 0 Å². The molecule has 1 atom stereocenters. The SMILES string of the molecule is O=C(c1cc(Br)cs1)N1CCC(COc2ccc(F)cn2)C1. The van der Waals surface area contributed by atoms with Gasteiger partial charge in [-0.2, -0.15) is 0 Å². The van der Waals surface area contributed by atoms with Gasteiger partial charge in [-0.1, -0.05) is 0 Å². The summed E-state index contributed by atoms with van der Waals surface area (Å²) in [6.07, 6.45) is 2.04. The molecule has 0 radical (unpaired) electrons. The van der Waals surface area contributed by atoms with Crippen molar-refractivity contribution in [3.05, 3.63) is 44.9 Å². The van der Waals surface area contributed by atoms with Gasteiger partial charge in [0.25, 0.3) is 5.91 Å². The minimum atomic E-state index is -0.382. The minimum absolute atomic E-state index is 0.0677. The molecule has 1 unspecified atom stereocenters. The number of rotatable bonds is 4. The summed E-state index contributed by atoms with van der Waals surface area (Å²) in [6, 6.07) is 4.68. The van der Waals surface area contributed by atoms with Crippen molar-refractivity contribution in [1.29, 1.82) is 0 Å². The summed E-state index contributed by atoms with van der Waals surface area (Å²) in [5.74, 6) is 0.373. The molecule has 4 nitrogen and oxygen atoms in total. The van der Waals surface area contributed by atoms with Crippen LogP contribution in [0.2, 0.25) is 0 Å². The fourth-order valence-electron chi connectivity index (χ4n) is 2.39. The number of ether oxygens (including phenoxy) is 1. The molecular weight excluding hydrogens is 371 g/mol. The number of hydrogen-bond acceptors (Lipinski definition) is 4. The third-order valence-corrected chi connectivity index (χ3v) is 5.20. The van der Waals surface area contributed by atoms with Gasteiger partial charge >= 0.3 is 0 Å². The summed E-state index contributed by atoms with van der Waals surface area (Å²) >= 11 is 4.81. The number of pyridine rings is 1. The zero-order valence-corrected chi connectivity index (χ0v) is 14.1. The summed E-state index contributed by atoms with van der Waals surface area (Å²) in [6.45, 7) is 1.89. The van der Waals surface area contributed by atoms with E-state index >= 15 is 0 Å². The quantitative estimate of drug-likeness (QED) is 0.808. The van der Waals surface area contributed by atoms with Gasteiger partial charge in [-0.15, -0.1) is 11.3 Å². The summed E-state index contributed by atoms with van der Waals surface area (Å²) in [5.41, 5.74) is 0. The number of amides is 1. The second kappa shape index (κ2) is 6.75. The van der Waals surface area contributed by atoms with Crippen LogP contribution in [0, 0.1) is 11.7 Å². The molecule has 2 aromatic rings. The lowest BCUT2D eigenvalue weighted by Crippen LogP contribution is -2.28. The molecule has 0 aliphatic carbocycles. The summed E-state index contributed by atoms with van der Waals surface area (Å²) in [4.78, 5) is 18.8. The Hall–Kier alpha value is -1.47. The van der Waals surface area contributed by atoms with Gasteiger partial charge in [0, 0.05) is 34.9 Å². The van der Waals surface area contributed by atoms with Gasteiger partial charge < -0.3 is 9.64 Å². The predicted molar refractivity (Wildman–Crippen MR) is 85.7 cm³/mol. The highest BCUT2D eigenvalue weighted by molar-refractivity contribution is 9.10. The first-order chi connectivity index (χ1) is 10.6. The second-order valence-electron chi connectivity index (χ2n) is 5.16. The lowest BCUT2D eigenvalue weighted by atomic mass is 10.1. The van der Waals surface area contributed by atoms with E-state index in [1.165, 1.54) is 23.5 Å². The number of carbonyl (C=O) groups excluding carboxylic acids is 1. The summed E-state index contributed by atoms with van der Waals surface area (Å²) in [5, 5.41) is 1.91. The van der Waals surface area contributed by atoms with Crippen LogP contribution in [0.1, 0.15) is 16.1 Å². The van der Waals surface area contributed by atoms with Gasteiger partial charge in [-0.25, -0.2) is 9.37 Å². The van der Waals surface area contributed by atoms with E-state index in [1.807, 2.05) is 16.3 Å². The van der Waals surface area contributed by atoms with E-state index in [0.717, 1.165) is 28.5 Å². The largest absolute Gasteiger partial charge is 0.477 e. The fraction of sp³-hybridized carbons (Fsp3) is 0.333. The first kappa shape index (κ1) is 15.4. The van der Waals surface area contributed by atoms with E-state index in [2.05, 4.69) is 20.9 Å². The normalized spacial score (nSPS) is 17.7. The smallest absolute Gasteiger partial charge is 0.263 e. The van der Waals surface area contributed by atoms with Crippen molar-refractivity contribution in [2.24, 2.45) is 5.92 Å². The topological polar surface area (TPSA) is 42.4 Å². The third-order valence-electron chi connectivity index (χ3n) is 3.52. The Kier molecular flexibility index (Phi) is 4.73. The van der Waals surface area contributed by atoms with Gasteiger partial charge in [-0.3, -0.25) is 4.79 Å². The number of thiophene rings is 1. The Morgan fingerprint density at radius 2 is 2.41 bits per heavy atom. The highest BCUT2D eigenvalue weighted by Gasteiger charge is 2.28. The van der Waals surface area contributed by atoms with Crippen molar-refractivity contribution in [2.75, 3.05) is 19.7 Å². The zero-order valence-electron chi connectivity index (χ0n) is 11.7. The fourth-order valence-corrected chi connectivity index (χ4v) is 3.78. The van der Waals surface area contributed by atoms with Crippen LogP contribution in [0.5, 0.6) is 5.88 Å². The molecular formula is C15H14BrFN2O2S. The molecule has 7 heteroatoms. The number of nitrogens with zero attached hydrogens (tertiary/aromatic N) is 2. The van der Waals surface area contributed by atoms with Crippen LogP contribution >= 0.6 is 27.3 Å². The average molecular weight is 385 g/mol. The number of aromatic nitrogens is 1. The maximum Gasteiger partial charge on any atom is 0.263 e. The molecule has 1 amide bonds. The summed E-state index contributed by atoms with van der Waals surface area (Å²) in [7, 11) is 0. The second-order valence-corrected chi connectivity index (χ2v) is 6.99. The molecule has 3 rings (SSSR count). The maximum absolute atomic E-state index is 12.8. The van der Waals surface area contributed by atoms with Crippen LogP contribution in [0.15, 0.2) is 34.2 Å². The Morgan fingerprint density at radius 3 is 3.09 bits per heavy atom. The summed E-state index contributed by atoms with van der Waals surface area (Å²) < 4.78 is 19.3. The molecule has 22 heavy (non-hydrogen) atoms.